The van der Waals surface area contributed by atoms with Crippen LogP contribution in [-0.2, 0) is 6.54 Å². The normalized spacial score (nSPS) is 10.6. The lowest BCUT2D eigenvalue weighted by Crippen LogP contribution is -2.23. The maximum Gasteiger partial charge on any atom is 0.277 e. The van der Waals surface area contributed by atoms with E-state index in [-0.39, 0.29) is 5.56 Å². The van der Waals surface area contributed by atoms with Crippen molar-refractivity contribution in [1.29, 1.82) is 0 Å². The van der Waals surface area contributed by atoms with Crippen molar-refractivity contribution < 1.29 is 0 Å². The second-order valence-corrected chi connectivity index (χ2v) is 4.52. The largest absolute Gasteiger partial charge is 0.301 e. The fourth-order valence-electron chi connectivity index (χ4n) is 2.29. The van der Waals surface area contributed by atoms with Crippen LogP contribution in [0.25, 0.3) is 22.3 Å². The topological polar surface area (TPSA) is 34.9 Å². The van der Waals surface area contributed by atoms with Crippen molar-refractivity contribution in [2.45, 2.75) is 6.54 Å². The maximum atomic E-state index is 12.6. The van der Waals surface area contributed by atoms with Gasteiger partial charge in [0.1, 0.15) is 5.69 Å². The summed E-state index contributed by atoms with van der Waals surface area (Å²) in [5.74, 6) is 0. The molecule has 98 valence electrons. The molecule has 1 heterocycles. The number of benzene rings is 2. The van der Waals surface area contributed by atoms with Crippen molar-refractivity contribution in [3.8, 4) is 11.3 Å². The zero-order valence-corrected chi connectivity index (χ0v) is 11.0. The molecule has 0 saturated heterocycles. The number of para-hydroxylation sites is 2. The molecular formula is C17H14N2O. The van der Waals surface area contributed by atoms with E-state index in [1.54, 1.807) is 10.6 Å². The van der Waals surface area contributed by atoms with Gasteiger partial charge in [-0.3, -0.25) is 4.79 Å². The Kier molecular flexibility index (Phi) is 3.17. The van der Waals surface area contributed by atoms with Crippen LogP contribution in [0.2, 0.25) is 0 Å². The fraction of sp³-hybridized carbons (Fsp3) is 0.0588. The summed E-state index contributed by atoms with van der Waals surface area (Å²) in [6, 6.07) is 17.2. The second kappa shape index (κ2) is 5.13. The van der Waals surface area contributed by atoms with E-state index in [1.807, 2.05) is 54.6 Å². The molecule has 0 spiro atoms. The Labute approximate surface area is 116 Å². The van der Waals surface area contributed by atoms with Crippen molar-refractivity contribution in [2.24, 2.45) is 0 Å². The SMILES string of the molecule is C=CCn1c(=O)c(-c2ccccc2)nc2ccccc21. The number of aromatic nitrogens is 2. The predicted molar refractivity (Wildman–Crippen MR) is 81.6 cm³/mol. The minimum Gasteiger partial charge on any atom is -0.301 e. The van der Waals surface area contributed by atoms with Crippen LogP contribution in [0, 0.1) is 0 Å². The van der Waals surface area contributed by atoms with Gasteiger partial charge in [-0.1, -0.05) is 48.5 Å². The minimum atomic E-state index is -0.0881. The highest BCUT2D eigenvalue weighted by atomic mass is 16.1. The lowest BCUT2D eigenvalue weighted by atomic mass is 10.1. The van der Waals surface area contributed by atoms with Gasteiger partial charge in [0, 0.05) is 12.1 Å². The van der Waals surface area contributed by atoms with Gasteiger partial charge in [-0.25, -0.2) is 4.98 Å². The second-order valence-electron chi connectivity index (χ2n) is 4.52. The maximum absolute atomic E-state index is 12.6. The van der Waals surface area contributed by atoms with Crippen LogP contribution < -0.4 is 5.56 Å². The molecule has 0 aliphatic rings. The third kappa shape index (κ3) is 2.03. The summed E-state index contributed by atoms with van der Waals surface area (Å²) in [6.45, 7) is 4.20. The molecule has 20 heavy (non-hydrogen) atoms. The standard InChI is InChI=1S/C17H14N2O/c1-2-12-19-15-11-7-6-10-14(15)18-16(17(19)20)13-8-4-3-5-9-13/h2-11H,1,12H2. The van der Waals surface area contributed by atoms with E-state index < -0.39 is 0 Å². The van der Waals surface area contributed by atoms with Crippen LogP contribution in [0.1, 0.15) is 0 Å². The third-order valence-electron chi connectivity index (χ3n) is 3.21. The van der Waals surface area contributed by atoms with Gasteiger partial charge in [0.2, 0.25) is 0 Å². The number of rotatable bonds is 3. The van der Waals surface area contributed by atoms with Gasteiger partial charge in [0.15, 0.2) is 0 Å². The van der Waals surface area contributed by atoms with Crippen molar-refractivity contribution in [1.82, 2.24) is 9.55 Å². The van der Waals surface area contributed by atoms with Crippen LogP contribution >= 0.6 is 0 Å². The Morgan fingerprint density at radius 3 is 2.50 bits per heavy atom. The molecule has 0 bridgehead atoms. The number of hydrogen-bond acceptors (Lipinski definition) is 2. The molecule has 1 aromatic heterocycles. The summed E-state index contributed by atoms with van der Waals surface area (Å²) in [5.41, 5.74) is 2.87. The van der Waals surface area contributed by atoms with Gasteiger partial charge in [-0.15, -0.1) is 6.58 Å². The highest BCUT2D eigenvalue weighted by Crippen LogP contribution is 2.17. The van der Waals surface area contributed by atoms with E-state index in [2.05, 4.69) is 11.6 Å². The Bertz CT molecular complexity index is 819. The first-order chi connectivity index (χ1) is 9.81. The van der Waals surface area contributed by atoms with Crippen LogP contribution in [-0.4, -0.2) is 9.55 Å². The molecule has 0 radical (unpaired) electrons. The number of hydrogen-bond donors (Lipinski definition) is 0. The average molecular weight is 262 g/mol. The van der Waals surface area contributed by atoms with E-state index in [0.717, 1.165) is 16.6 Å². The summed E-state index contributed by atoms with van der Waals surface area (Å²) in [5, 5.41) is 0. The van der Waals surface area contributed by atoms with Crippen LogP contribution in [0.5, 0.6) is 0 Å². The van der Waals surface area contributed by atoms with Gasteiger partial charge < -0.3 is 4.57 Å². The molecule has 3 heteroatoms. The molecule has 2 aromatic carbocycles. The summed E-state index contributed by atoms with van der Waals surface area (Å²) < 4.78 is 1.71. The van der Waals surface area contributed by atoms with Crippen molar-refractivity contribution in [2.75, 3.05) is 0 Å². The molecule has 0 amide bonds. The summed E-state index contributed by atoms with van der Waals surface area (Å²) >= 11 is 0. The van der Waals surface area contributed by atoms with E-state index in [9.17, 15) is 4.79 Å². The Balaban J connectivity index is 2.37. The van der Waals surface area contributed by atoms with Gasteiger partial charge in [0.05, 0.1) is 11.0 Å². The smallest absolute Gasteiger partial charge is 0.277 e. The van der Waals surface area contributed by atoms with Crippen molar-refractivity contribution >= 4 is 11.0 Å². The lowest BCUT2D eigenvalue weighted by molar-refractivity contribution is 0.812. The molecule has 0 unspecified atom stereocenters. The molecule has 0 aliphatic carbocycles. The third-order valence-corrected chi connectivity index (χ3v) is 3.21. The van der Waals surface area contributed by atoms with Crippen LogP contribution in [0.3, 0.4) is 0 Å². The Morgan fingerprint density at radius 2 is 1.75 bits per heavy atom. The van der Waals surface area contributed by atoms with Crippen LogP contribution in [0.4, 0.5) is 0 Å². The number of fused-ring (bicyclic) bond motifs is 1. The molecule has 3 rings (SSSR count). The Hall–Kier alpha value is -2.68. The fourth-order valence-corrected chi connectivity index (χ4v) is 2.29. The summed E-state index contributed by atoms with van der Waals surface area (Å²) in [7, 11) is 0. The van der Waals surface area contributed by atoms with E-state index in [1.165, 1.54) is 0 Å². The predicted octanol–water partition coefficient (Wildman–Crippen LogP) is 3.25. The molecule has 3 nitrogen and oxygen atoms in total. The molecule has 3 aromatic rings. The van der Waals surface area contributed by atoms with Gasteiger partial charge in [-0.05, 0) is 12.1 Å². The zero-order valence-electron chi connectivity index (χ0n) is 11.0. The van der Waals surface area contributed by atoms with E-state index in [0.29, 0.717) is 12.2 Å². The number of nitrogens with zero attached hydrogens (tertiary/aromatic N) is 2. The number of allylic oxidation sites excluding steroid dienone is 1. The minimum absolute atomic E-state index is 0.0881. The van der Waals surface area contributed by atoms with Crippen molar-refractivity contribution in [3.63, 3.8) is 0 Å². The van der Waals surface area contributed by atoms with E-state index >= 15 is 0 Å². The molecule has 0 N–H and O–H groups in total. The summed E-state index contributed by atoms with van der Waals surface area (Å²) in [6.07, 6.45) is 1.72. The zero-order chi connectivity index (χ0) is 13.9. The van der Waals surface area contributed by atoms with Gasteiger partial charge in [0.25, 0.3) is 5.56 Å². The molecular weight excluding hydrogens is 248 g/mol. The van der Waals surface area contributed by atoms with Gasteiger partial charge >= 0.3 is 0 Å². The molecule has 0 fully saturated rings. The van der Waals surface area contributed by atoms with Crippen LogP contribution in [0.15, 0.2) is 72.0 Å². The van der Waals surface area contributed by atoms with Gasteiger partial charge in [-0.2, -0.15) is 0 Å². The monoisotopic (exact) mass is 262 g/mol. The lowest BCUT2D eigenvalue weighted by Gasteiger charge is -2.10. The first-order valence-electron chi connectivity index (χ1n) is 6.47. The average Bonchev–Trinajstić information content (AvgIpc) is 2.51. The highest BCUT2D eigenvalue weighted by molar-refractivity contribution is 5.77. The quantitative estimate of drug-likeness (QED) is 0.679. The first kappa shape index (κ1) is 12.4. The molecule has 0 atom stereocenters. The molecule has 0 saturated carbocycles. The first-order valence-corrected chi connectivity index (χ1v) is 6.47. The van der Waals surface area contributed by atoms with Crippen molar-refractivity contribution in [3.05, 3.63) is 77.6 Å². The highest BCUT2D eigenvalue weighted by Gasteiger charge is 2.11. The summed E-state index contributed by atoms with van der Waals surface area (Å²) in [4.78, 5) is 17.1. The van der Waals surface area contributed by atoms with E-state index in [4.69, 9.17) is 0 Å². The Morgan fingerprint density at radius 1 is 1.05 bits per heavy atom. The molecule has 0 aliphatic heterocycles.